The van der Waals surface area contributed by atoms with E-state index in [9.17, 15) is 0 Å². The summed E-state index contributed by atoms with van der Waals surface area (Å²) < 4.78 is 0. The lowest BCUT2D eigenvalue weighted by atomic mass is 9.99. The Kier molecular flexibility index (Phi) is 8.16. The number of hydrogen-bond donors (Lipinski definition) is 1. The highest BCUT2D eigenvalue weighted by Crippen LogP contribution is 2.23. The molecule has 1 nitrogen and oxygen atoms in total. The number of hydrogen-bond acceptors (Lipinski definition) is 1. The van der Waals surface area contributed by atoms with Crippen LogP contribution in [-0.4, -0.2) is 0 Å². The van der Waals surface area contributed by atoms with Gasteiger partial charge in [0.15, 0.2) is 0 Å². The van der Waals surface area contributed by atoms with Crippen LogP contribution in [0.15, 0.2) is 18.2 Å². The van der Waals surface area contributed by atoms with Gasteiger partial charge in [-0.05, 0) is 30.5 Å². The fourth-order valence-electron chi connectivity index (χ4n) is 2.39. The van der Waals surface area contributed by atoms with Gasteiger partial charge in [0.25, 0.3) is 0 Å². The molecule has 0 heterocycles. The summed E-state index contributed by atoms with van der Waals surface area (Å²) in [6.07, 6.45) is 10.4. The minimum atomic E-state index is 0.159. The van der Waals surface area contributed by atoms with Crippen molar-refractivity contribution in [1.82, 2.24) is 0 Å². The van der Waals surface area contributed by atoms with Crippen molar-refractivity contribution in [2.24, 2.45) is 5.73 Å². The molecule has 2 heteroatoms. The quantitative estimate of drug-likeness (QED) is 0.570. The molecule has 0 fully saturated rings. The molecule has 0 saturated carbocycles. The number of rotatable bonds is 9. The Hall–Kier alpha value is -0.530. The van der Waals surface area contributed by atoms with Crippen LogP contribution in [0, 0.1) is 6.92 Å². The van der Waals surface area contributed by atoms with E-state index in [1.165, 1.54) is 50.5 Å². The molecular formula is C17H28ClN. The van der Waals surface area contributed by atoms with Gasteiger partial charge >= 0.3 is 0 Å². The molecule has 0 aliphatic carbocycles. The molecule has 1 rings (SSSR count). The summed E-state index contributed by atoms with van der Waals surface area (Å²) in [5, 5.41) is 0.826. The molecule has 0 radical (unpaired) electrons. The molecule has 0 bridgehead atoms. The van der Waals surface area contributed by atoms with E-state index in [-0.39, 0.29) is 6.04 Å². The van der Waals surface area contributed by atoms with Crippen molar-refractivity contribution in [1.29, 1.82) is 0 Å². The summed E-state index contributed by atoms with van der Waals surface area (Å²) in [6, 6.07) is 6.29. The minimum absolute atomic E-state index is 0.159. The first kappa shape index (κ1) is 16.5. The van der Waals surface area contributed by atoms with Gasteiger partial charge in [0.05, 0.1) is 0 Å². The fraction of sp³-hybridized carbons (Fsp3) is 0.647. The molecular weight excluding hydrogens is 254 g/mol. The first-order chi connectivity index (χ1) is 9.15. The molecule has 0 saturated heterocycles. The van der Waals surface area contributed by atoms with Crippen molar-refractivity contribution < 1.29 is 0 Å². The van der Waals surface area contributed by atoms with Crippen LogP contribution in [0.5, 0.6) is 0 Å². The van der Waals surface area contributed by atoms with Crippen LogP contribution in [0.3, 0.4) is 0 Å². The molecule has 108 valence electrons. The van der Waals surface area contributed by atoms with Crippen LogP contribution in [0.25, 0.3) is 0 Å². The van der Waals surface area contributed by atoms with Crippen LogP contribution >= 0.6 is 11.6 Å². The van der Waals surface area contributed by atoms with E-state index in [1.54, 1.807) is 0 Å². The zero-order valence-electron chi connectivity index (χ0n) is 12.4. The number of aryl methyl sites for hydroxylation is 1. The first-order valence-corrected chi connectivity index (χ1v) is 8.04. The topological polar surface area (TPSA) is 26.0 Å². The van der Waals surface area contributed by atoms with E-state index < -0.39 is 0 Å². The third-order valence-electron chi connectivity index (χ3n) is 3.73. The third kappa shape index (κ3) is 6.44. The van der Waals surface area contributed by atoms with Crippen LogP contribution in [-0.2, 0) is 0 Å². The SMILES string of the molecule is CCCCCCCCCC(N)c1ccc(Cl)c(C)c1. The van der Waals surface area contributed by atoms with Crippen LogP contribution in [0.2, 0.25) is 5.02 Å². The molecule has 1 aromatic carbocycles. The van der Waals surface area contributed by atoms with Crippen molar-refractivity contribution in [2.75, 3.05) is 0 Å². The minimum Gasteiger partial charge on any atom is -0.324 e. The van der Waals surface area contributed by atoms with Crippen LogP contribution in [0.4, 0.5) is 0 Å². The van der Waals surface area contributed by atoms with E-state index in [1.807, 2.05) is 13.0 Å². The highest BCUT2D eigenvalue weighted by atomic mass is 35.5. The average molecular weight is 282 g/mol. The van der Waals surface area contributed by atoms with E-state index in [0.29, 0.717) is 0 Å². The Balaban J connectivity index is 2.20. The second-order valence-electron chi connectivity index (χ2n) is 5.53. The molecule has 1 atom stereocenters. The maximum atomic E-state index is 6.23. The monoisotopic (exact) mass is 281 g/mol. The average Bonchev–Trinajstić information content (AvgIpc) is 2.40. The smallest absolute Gasteiger partial charge is 0.0435 e. The first-order valence-electron chi connectivity index (χ1n) is 7.66. The van der Waals surface area contributed by atoms with Crippen molar-refractivity contribution >= 4 is 11.6 Å². The zero-order chi connectivity index (χ0) is 14.1. The number of nitrogens with two attached hydrogens (primary N) is 1. The molecule has 19 heavy (non-hydrogen) atoms. The van der Waals surface area contributed by atoms with E-state index in [0.717, 1.165) is 17.0 Å². The van der Waals surface area contributed by atoms with Crippen LogP contribution in [0.1, 0.15) is 75.5 Å². The summed E-state index contributed by atoms with van der Waals surface area (Å²) in [4.78, 5) is 0. The predicted molar refractivity (Wildman–Crippen MR) is 85.7 cm³/mol. The second kappa shape index (κ2) is 9.39. The lowest BCUT2D eigenvalue weighted by molar-refractivity contribution is 0.541. The summed E-state index contributed by atoms with van der Waals surface area (Å²) >= 11 is 6.03. The van der Waals surface area contributed by atoms with Gasteiger partial charge in [0.2, 0.25) is 0 Å². The normalized spacial score (nSPS) is 12.6. The van der Waals surface area contributed by atoms with Crippen molar-refractivity contribution in [2.45, 2.75) is 71.3 Å². The van der Waals surface area contributed by atoms with Gasteiger partial charge in [-0.25, -0.2) is 0 Å². The van der Waals surface area contributed by atoms with E-state index in [4.69, 9.17) is 17.3 Å². The summed E-state index contributed by atoms with van der Waals surface area (Å²) in [5.74, 6) is 0. The second-order valence-corrected chi connectivity index (χ2v) is 5.93. The molecule has 1 aromatic rings. The highest BCUT2D eigenvalue weighted by Gasteiger charge is 2.07. The zero-order valence-corrected chi connectivity index (χ0v) is 13.2. The molecule has 0 amide bonds. The Morgan fingerprint density at radius 1 is 1.05 bits per heavy atom. The number of unbranched alkanes of at least 4 members (excludes halogenated alkanes) is 6. The molecule has 0 aliphatic rings. The fourth-order valence-corrected chi connectivity index (χ4v) is 2.50. The van der Waals surface area contributed by atoms with Gasteiger partial charge in [-0.1, -0.05) is 75.6 Å². The standard InChI is InChI=1S/C17H28ClN/c1-3-4-5-6-7-8-9-10-17(19)15-11-12-16(18)14(2)13-15/h11-13,17H,3-10,19H2,1-2H3. The lowest BCUT2D eigenvalue weighted by Gasteiger charge is -2.13. The van der Waals surface area contributed by atoms with Crippen molar-refractivity contribution in [3.8, 4) is 0 Å². The maximum absolute atomic E-state index is 6.23. The Labute approximate surface area is 123 Å². The number of benzene rings is 1. The molecule has 1 unspecified atom stereocenters. The molecule has 0 spiro atoms. The largest absolute Gasteiger partial charge is 0.324 e. The van der Waals surface area contributed by atoms with Gasteiger partial charge in [0, 0.05) is 11.1 Å². The van der Waals surface area contributed by atoms with Gasteiger partial charge in [-0.3, -0.25) is 0 Å². The molecule has 0 aliphatic heterocycles. The summed E-state index contributed by atoms with van der Waals surface area (Å²) in [7, 11) is 0. The lowest BCUT2D eigenvalue weighted by Crippen LogP contribution is -2.10. The molecule has 2 N–H and O–H groups in total. The number of halogens is 1. The predicted octanol–water partition coefficient (Wildman–Crippen LogP) is 5.79. The highest BCUT2D eigenvalue weighted by molar-refractivity contribution is 6.31. The Morgan fingerprint density at radius 2 is 1.68 bits per heavy atom. The van der Waals surface area contributed by atoms with Gasteiger partial charge < -0.3 is 5.73 Å². The Bertz CT molecular complexity index is 362. The van der Waals surface area contributed by atoms with Crippen molar-refractivity contribution in [3.05, 3.63) is 34.3 Å². The van der Waals surface area contributed by atoms with Gasteiger partial charge in [0.1, 0.15) is 0 Å². The van der Waals surface area contributed by atoms with Gasteiger partial charge in [-0.15, -0.1) is 0 Å². The van der Waals surface area contributed by atoms with Gasteiger partial charge in [-0.2, -0.15) is 0 Å². The van der Waals surface area contributed by atoms with Crippen LogP contribution < -0.4 is 5.73 Å². The Morgan fingerprint density at radius 3 is 2.32 bits per heavy atom. The molecule has 0 aromatic heterocycles. The summed E-state index contributed by atoms with van der Waals surface area (Å²) in [6.45, 7) is 4.29. The summed E-state index contributed by atoms with van der Waals surface area (Å²) in [5.41, 5.74) is 8.57. The van der Waals surface area contributed by atoms with E-state index >= 15 is 0 Å². The maximum Gasteiger partial charge on any atom is 0.0435 e. The third-order valence-corrected chi connectivity index (χ3v) is 4.15. The van der Waals surface area contributed by atoms with E-state index in [2.05, 4.69) is 19.1 Å². The van der Waals surface area contributed by atoms with Crippen molar-refractivity contribution in [3.63, 3.8) is 0 Å².